The fourth-order valence-corrected chi connectivity index (χ4v) is 1.83. The maximum atomic E-state index is 11.6. The average molecular weight is 285 g/mol. The van der Waals surface area contributed by atoms with Gasteiger partial charge in [-0.15, -0.1) is 0 Å². The number of carbonyl (C=O) groups excluding carboxylic acids is 3. The lowest BCUT2D eigenvalue weighted by molar-refractivity contribution is -0.128. The molecule has 116 valence electrons. The quantitative estimate of drug-likeness (QED) is 0.527. The van der Waals surface area contributed by atoms with Gasteiger partial charge in [-0.05, 0) is 24.7 Å². The first-order chi connectivity index (χ1) is 9.26. The minimum absolute atomic E-state index is 0.160. The Morgan fingerprint density at radius 2 is 1.65 bits per heavy atom. The molecule has 0 saturated heterocycles. The Balaban J connectivity index is 4.09. The van der Waals surface area contributed by atoms with Crippen LogP contribution in [0, 0.1) is 11.8 Å². The molecule has 0 unspecified atom stereocenters. The average Bonchev–Trinajstić information content (AvgIpc) is 2.33. The topological polar surface area (TPSA) is 101 Å². The highest BCUT2D eigenvalue weighted by Crippen LogP contribution is 2.03. The molecule has 0 aromatic rings. The summed E-state index contributed by atoms with van der Waals surface area (Å²) in [6.45, 7) is 7.72. The van der Waals surface area contributed by atoms with E-state index in [0.717, 1.165) is 0 Å². The van der Waals surface area contributed by atoms with Crippen LogP contribution < -0.4 is 16.4 Å². The van der Waals surface area contributed by atoms with Crippen molar-refractivity contribution in [2.75, 3.05) is 6.54 Å². The van der Waals surface area contributed by atoms with E-state index in [0.29, 0.717) is 31.0 Å². The third kappa shape index (κ3) is 8.63. The lowest BCUT2D eigenvalue weighted by Crippen LogP contribution is -2.47. The highest BCUT2D eigenvalue weighted by atomic mass is 16.2. The van der Waals surface area contributed by atoms with E-state index < -0.39 is 12.1 Å². The highest BCUT2D eigenvalue weighted by Gasteiger charge is 2.17. The van der Waals surface area contributed by atoms with E-state index in [1.165, 1.54) is 0 Å². The fraction of sp³-hybridized carbons (Fsp3) is 0.786. The minimum Gasteiger partial charge on any atom is -0.346 e. The Morgan fingerprint density at radius 1 is 1.10 bits per heavy atom. The predicted octanol–water partition coefficient (Wildman–Crippen LogP) is 0.206. The first-order valence-electron chi connectivity index (χ1n) is 7.04. The van der Waals surface area contributed by atoms with Crippen molar-refractivity contribution >= 4 is 18.1 Å². The zero-order valence-corrected chi connectivity index (χ0v) is 12.8. The van der Waals surface area contributed by atoms with Crippen LogP contribution in [0.3, 0.4) is 0 Å². The molecule has 0 aliphatic carbocycles. The molecular weight excluding hydrogens is 258 g/mol. The molecule has 2 amide bonds. The summed E-state index contributed by atoms with van der Waals surface area (Å²) in [5.74, 6) is -0.108. The summed E-state index contributed by atoms with van der Waals surface area (Å²) in [5, 5.41) is 5.05. The molecule has 0 bridgehead atoms. The summed E-state index contributed by atoms with van der Waals surface area (Å²) in [6, 6.07) is -1.12. The van der Waals surface area contributed by atoms with Gasteiger partial charge in [0, 0.05) is 0 Å². The number of rotatable bonds is 9. The molecule has 0 aliphatic rings. The number of hydrogen-bond acceptors (Lipinski definition) is 4. The van der Waals surface area contributed by atoms with Gasteiger partial charge in [-0.1, -0.05) is 27.7 Å². The zero-order chi connectivity index (χ0) is 15.7. The molecule has 6 nitrogen and oxygen atoms in total. The predicted molar refractivity (Wildman–Crippen MR) is 77.9 cm³/mol. The standard InChI is InChI=1S/C14H27N3O3/c1-9(2)5-11(8-18)17-13(19)7-16-14(20)12(15)6-10(3)4/h8-12H,5-7,15H2,1-4H3,(H,16,20)(H,17,19)/t11-,12-/m0/s1. The van der Waals surface area contributed by atoms with E-state index in [2.05, 4.69) is 10.6 Å². The highest BCUT2D eigenvalue weighted by molar-refractivity contribution is 5.88. The van der Waals surface area contributed by atoms with Crippen LogP contribution in [0.1, 0.15) is 40.5 Å². The van der Waals surface area contributed by atoms with E-state index >= 15 is 0 Å². The van der Waals surface area contributed by atoms with E-state index in [-0.39, 0.29) is 18.4 Å². The lowest BCUT2D eigenvalue weighted by Gasteiger charge is -2.16. The van der Waals surface area contributed by atoms with Crippen molar-refractivity contribution in [2.45, 2.75) is 52.6 Å². The van der Waals surface area contributed by atoms with Gasteiger partial charge in [0.1, 0.15) is 6.29 Å². The number of carbonyl (C=O) groups is 3. The number of nitrogens with one attached hydrogen (secondary N) is 2. The van der Waals surface area contributed by atoms with Crippen molar-refractivity contribution in [3.05, 3.63) is 0 Å². The molecule has 0 heterocycles. The van der Waals surface area contributed by atoms with Gasteiger partial charge >= 0.3 is 0 Å². The van der Waals surface area contributed by atoms with Gasteiger partial charge in [0.2, 0.25) is 11.8 Å². The Labute approximate surface area is 120 Å². The molecule has 0 aromatic carbocycles. The van der Waals surface area contributed by atoms with Crippen LogP contribution in [0.15, 0.2) is 0 Å². The number of aldehydes is 1. The van der Waals surface area contributed by atoms with Gasteiger partial charge in [0.25, 0.3) is 0 Å². The monoisotopic (exact) mass is 285 g/mol. The summed E-state index contributed by atoms with van der Waals surface area (Å²) >= 11 is 0. The molecule has 6 heteroatoms. The van der Waals surface area contributed by atoms with Crippen LogP contribution in [-0.2, 0) is 14.4 Å². The Kier molecular flexibility index (Phi) is 8.79. The fourth-order valence-electron chi connectivity index (χ4n) is 1.83. The van der Waals surface area contributed by atoms with Gasteiger partial charge in [0.15, 0.2) is 0 Å². The van der Waals surface area contributed by atoms with Gasteiger partial charge in [-0.2, -0.15) is 0 Å². The summed E-state index contributed by atoms with van der Waals surface area (Å²) in [5.41, 5.74) is 5.70. The zero-order valence-electron chi connectivity index (χ0n) is 12.8. The molecule has 0 aromatic heterocycles. The summed E-state index contributed by atoms with van der Waals surface area (Å²) in [7, 11) is 0. The maximum absolute atomic E-state index is 11.6. The smallest absolute Gasteiger partial charge is 0.239 e. The van der Waals surface area contributed by atoms with Gasteiger partial charge in [0.05, 0.1) is 18.6 Å². The molecule has 4 N–H and O–H groups in total. The van der Waals surface area contributed by atoms with Crippen molar-refractivity contribution in [3.8, 4) is 0 Å². The van der Waals surface area contributed by atoms with E-state index in [9.17, 15) is 14.4 Å². The van der Waals surface area contributed by atoms with E-state index in [4.69, 9.17) is 5.73 Å². The molecule has 0 fully saturated rings. The molecule has 2 atom stereocenters. The largest absolute Gasteiger partial charge is 0.346 e. The lowest BCUT2D eigenvalue weighted by atomic mass is 10.0. The maximum Gasteiger partial charge on any atom is 0.239 e. The second kappa shape index (κ2) is 9.47. The van der Waals surface area contributed by atoms with Crippen LogP contribution >= 0.6 is 0 Å². The molecule has 0 saturated carbocycles. The van der Waals surface area contributed by atoms with Crippen LogP contribution in [0.2, 0.25) is 0 Å². The Morgan fingerprint density at radius 3 is 2.10 bits per heavy atom. The van der Waals surface area contributed by atoms with Gasteiger partial charge in [-0.25, -0.2) is 0 Å². The molecular formula is C14H27N3O3. The summed E-state index contributed by atoms with van der Waals surface area (Å²) in [6.07, 6.45) is 1.86. The summed E-state index contributed by atoms with van der Waals surface area (Å²) in [4.78, 5) is 34.1. The van der Waals surface area contributed by atoms with E-state index in [1.54, 1.807) is 0 Å². The third-order valence-electron chi connectivity index (χ3n) is 2.72. The first kappa shape index (κ1) is 18.6. The first-order valence-corrected chi connectivity index (χ1v) is 7.04. The molecule has 0 spiro atoms. The SMILES string of the molecule is CC(C)C[C@@H](C=O)NC(=O)CNC(=O)[C@@H](N)CC(C)C. The van der Waals surface area contributed by atoms with E-state index in [1.807, 2.05) is 27.7 Å². The van der Waals surface area contributed by atoms with Crippen LogP contribution in [0.5, 0.6) is 0 Å². The van der Waals surface area contributed by atoms with Crippen molar-refractivity contribution < 1.29 is 14.4 Å². The molecule has 0 rings (SSSR count). The molecule has 0 radical (unpaired) electrons. The Hall–Kier alpha value is -1.43. The number of amides is 2. The van der Waals surface area contributed by atoms with Crippen molar-refractivity contribution in [1.82, 2.24) is 10.6 Å². The van der Waals surface area contributed by atoms with Crippen molar-refractivity contribution in [1.29, 1.82) is 0 Å². The van der Waals surface area contributed by atoms with Gasteiger partial charge < -0.3 is 21.2 Å². The van der Waals surface area contributed by atoms with Gasteiger partial charge in [-0.3, -0.25) is 9.59 Å². The normalized spacial score (nSPS) is 13.9. The Bertz CT molecular complexity index is 330. The minimum atomic E-state index is -0.611. The van der Waals surface area contributed by atoms with Crippen LogP contribution in [0.25, 0.3) is 0 Å². The second-order valence-corrected chi connectivity index (χ2v) is 5.89. The number of hydrogen-bond donors (Lipinski definition) is 3. The van der Waals surface area contributed by atoms with Crippen molar-refractivity contribution in [3.63, 3.8) is 0 Å². The molecule has 0 aliphatic heterocycles. The molecule has 20 heavy (non-hydrogen) atoms. The third-order valence-corrected chi connectivity index (χ3v) is 2.72. The van der Waals surface area contributed by atoms with Crippen molar-refractivity contribution in [2.24, 2.45) is 17.6 Å². The van der Waals surface area contributed by atoms with Crippen LogP contribution in [-0.4, -0.2) is 36.7 Å². The van der Waals surface area contributed by atoms with Crippen LogP contribution in [0.4, 0.5) is 0 Å². The summed E-state index contributed by atoms with van der Waals surface area (Å²) < 4.78 is 0. The second-order valence-electron chi connectivity index (χ2n) is 5.89. The number of nitrogens with two attached hydrogens (primary N) is 1.